The minimum Gasteiger partial charge on any atom is -0.375 e. The molecule has 0 spiro atoms. The van der Waals surface area contributed by atoms with Crippen LogP contribution in [0.25, 0.3) is 0 Å². The molecule has 1 aromatic carbocycles. The highest BCUT2D eigenvalue weighted by Gasteiger charge is 2.43. The van der Waals surface area contributed by atoms with E-state index in [1.165, 1.54) is 18.9 Å². The van der Waals surface area contributed by atoms with Gasteiger partial charge in [-0.15, -0.1) is 0 Å². The summed E-state index contributed by atoms with van der Waals surface area (Å²) in [5, 5.41) is 3.79. The van der Waals surface area contributed by atoms with Crippen molar-refractivity contribution >= 4 is 11.6 Å². The predicted octanol–water partition coefficient (Wildman–Crippen LogP) is 3.57. The van der Waals surface area contributed by atoms with Crippen molar-refractivity contribution in [2.24, 2.45) is 5.92 Å². The lowest BCUT2D eigenvalue weighted by Gasteiger charge is -2.29. The molecular formula is C16H21ClFNO. The van der Waals surface area contributed by atoms with Gasteiger partial charge in [0.1, 0.15) is 5.82 Å². The van der Waals surface area contributed by atoms with Crippen LogP contribution in [0.1, 0.15) is 31.7 Å². The van der Waals surface area contributed by atoms with Gasteiger partial charge >= 0.3 is 0 Å². The number of halogens is 2. The molecule has 20 heavy (non-hydrogen) atoms. The van der Waals surface area contributed by atoms with Gasteiger partial charge in [0, 0.05) is 12.0 Å². The molecule has 2 bridgehead atoms. The van der Waals surface area contributed by atoms with E-state index < -0.39 is 0 Å². The van der Waals surface area contributed by atoms with Crippen molar-refractivity contribution in [3.05, 3.63) is 34.6 Å². The van der Waals surface area contributed by atoms with Crippen molar-refractivity contribution in [1.82, 2.24) is 5.32 Å². The molecule has 1 aromatic rings. The predicted molar refractivity (Wildman–Crippen MR) is 78.6 cm³/mol. The molecule has 3 rings (SSSR count). The van der Waals surface area contributed by atoms with E-state index in [-0.39, 0.29) is 10.8 Å². The van der Waals surface area contributed by atoms with Gasteiger partial charge in [0.2, 0.25) is 0 Å². The lowest BCUT2D eigenvalue weighted by molar-refractivity contribution is 0.0858. The van der Waals surface area contributed by atoms with Crippen molar-refractivity contribution in [1.29, 1.82) is 0 Å². The van der Waals surface area contributed by atoms with Crippen LogP contribution in [-0.2, 0) is 11.2 Å². The summed E-state index contributed by atoms with van der Waals surface area (Å²) in [4.78, 5) is 0. The first-order chi connectivity index (χ1) is 9.67. The number of hydrogen-bond acceptors (Lipinski definition) is 2. The van der Waals surface area contributed by atoms with Gasteiger partial charge < -0.3 is 10.1 Å². The van der Waals surface area contributed by atoms with Crippen molar-refractivity contribution in [2.75, 3.05) is 6.54 Å². The highest BCUT2D eigenvalue weighted by atomic mass is 35.5. The molecule has 4 atom stereocenters. The van der Waals surface area contributed by atoms with E-state index in [2.05, 4.69) is 12.2 Å². The van der Waals surface area contributed by atoms with Gasteiger partial charge in [-0.1, -0.05) is 24.6 Å². The SMILES string of the molecule is CCNC(Cc1ccc(F)c(Cl)c1)C1CC2CCC1O2. The molecule has 0 saturated carbocycles. The van der Waals surface area contributed by atoms with Crippen LogP contribution < -0.4 is 5.32 Å². The van der Waals surface area contributed by atoms with Crippen LogP contribution in [0.2, 0.25) is 5.02 Å². The monoisotopic (exact) mass is 297 g/mol. The fourth-order valence-electron chi connectivity index (χ4n) is 3.66. The van der Waals surface area contributed by atoms with E-state index >= 15 is 0 Å². The fourth-order valence-corrected chi connectivity index (χ4v) is 3.86. The Hall–Kier alpha value is -0.640. The summed E-state index contributed by atoms with van der Waals surface area (Å²) in [5.74, 6) is 0.219. The summed E-state index contributed by atoms with van der Waals surface area (Å²) in [6.45, 7) is 3.06. The molecule has 2 aliphatic heterocycles. The molecule has 0 amide bonds. The van der Waals surface area contributed by atoms with Gasteiger partial charge in [0.15, 0.2) is 0 Å². The Balaban J connectivity index is 1.72. The minimum atomic E-state index is -0.348. The van der Waals surface area contributed by atoms with Crippen LogP contribution >= 0.6 is 11.6 Å². The molecule has 2 aliphatic rings. The first kappa shape index (κ1) is 14.3. The molecule has 1 N–H and O–H groups in total. The third kappa shape index (κ3) is 2.85. The zero-order chi connectivity index (χ0) is 14.1. The maximum atomic E-state index is 13.2. The second-order valence-corrected chi connectivity index (χ2v) is 6.30. The topological polar surface area (TPSA) is 21.3 Å². The van der Waals surface area contributed by atoms with Gasteiger partial charge in [-0.2, -0.15) is 0 Å². The molecule has 0 aliphatic carbocycles. The third-order valence-electron chi connectivity index (χ3n) is 4.58. The summed E-state index contributed by atoms with van der Waals surface area (Å²) in [7, 11) is 0. The van der Waals surface area contributed by atoms with E-state index in [0.29, 0.717) is 24.2 Å². The molecule has 0 aromatic heterocycles. The lowest BCUT2D eigenvalue weighted by atomic mass is 9.81. The molecule has 2 saturated heterocycles. The maximum absolute atomic E-state index is 13.2. The number of rotatable bonds is 5. The number of nitrogens with one attached hydrogen (secondary N) is 1. The Morgan fingerprint density at radius 1 is 1.45 bits per heavy atom. The Kier molecular flexibility index (Phi) is 4.29. The molecule has 4 heteroatoms. The van der Waals surface area contributed by atoms with Crippen molar-refractivity contribution in [3.63, 3.8) is 0 Å². The van der Waals surface area contributed by atoms with E-state index in [4.69, 9.17) is 16.3 Å². The van der Waals surface area contributed by atoms with E-state index in [0.717, 1.165) is 24.9 Å². The summed E-state index contributed by atoms with van der Waals surface area (Å²) >= 11 is 5.88. The molecule has 110 valence electrons. The quantitative estimate of drug-likeness (QED) is 0.897. The second-order valence-electron chi connectivity index (χ2n) is 5.89. The first-order valence-electron chi connectivity index (χ1n) is 7.50. The summed E-state index contributed by atoms with van der Waals surface area (Å²) in [6, 6.07) is 5.42. The third-order valence-corrected chi connectivity index (χ3v) is 4.87. The van der Waals surface area contributed by atoms with Crippen LogP contribution in [0.5, 0.6) is 0 Å². The van der Waals surface area contributed by atoms with Gasteiger partial charge in [-0.05, 0) is 49.9 Å². The Bertz CT molecular complexity index is 482. The fraction of sp³-hybridized carbons (Fsp3) is 0.625. The van der Waals surface area contributed by atoms with Gasteiger partial charge in [-0.25, -0.2) is 4.39 Å². The normalized spacial score (nSPS) is 29.9. The van der Waals surface area contributed by atoms with Crippen LogP contribution in [0.15, 0.2) is 18.2 Å². The van der Waals surface area contributed by atoms with Crippen molar-refractivity contribution in [2.45, 2.75) is 50.9 Å². The van der Waals surface area contributed by atoms with Crippen LogP contribution in [0.4, 0.5) is 4.39 Å². The summed E-state index contributed by atoms with van der Waals surface area (Å²) in [5.41, 5.74) is 1.09. The van der Waals surface area contributed by atoms with Crippen LogP contribution in [-0.4, -0.2) is 24.8 Å². The summed E-state index contributed by atoms with van der Waals surface area (Å²) in [6.07, 6.45) is 5.29. The Morgan fingerprint density at radius 2 is 2.30 bits per heavy atom. The molecule has 2 fully saturated rings. The standard InChI is InChI=1S/C16H21ClFNO/c1-2-19-15(12-9-11-4-6-16(12)20-11)8-10-3-5-14(18)13(17)7-10/h3,5,7,11-12,15-16,19H,2,4,6,8-9H2,1H3. The number of likely N-dealkylation sites (N-methyl/N-ethyl adjacent to an activating group) is 1. The minimum absolute atomic E-state index is 0.210. The van der Waals surface area contributed by atoms with Crippen LogP contribution in [0.3, 0.4) is 0 Å². The van der Waals surface area contributed by atoms with E-state index in [9.17, 15) is 4.39 Å². The highest BCUT2D eigenvalue weighted by molar-refractivity contribution is 6.30. The highest BCUT2D eigenvalue weighted by Crippen LogP contribution is 2.41. The number of fused-ring (bicyclic) bond motifs is 2. The molecular weight excluding hydrogens is 277 g/mol. The van der Waals surface area contributed by atoms with Crippen molar-refractivity contribution in [3.8, 4) is 0 Å². The number of ether oxygens (including phenoxy) is 1. The molecule has 2 nitrogen and oxygen atoms in total. The van der Waals surface area contributed by atoms with Crippen molar-refractivity contribution < 1.29 is 9.13 Å². The van der Waals surface area contributed by atoms with E-state index in [1.807, 2.05) is 6.07 Å². The zero-order valence-electron chi connectivity index (χ0n) is 11.7. The van der Waals surface area contributed by atoms with Gasteiger partial charge in [-0.3, -0.25) is 0 Å². The maximum Gasteiger partial charge on any atom is 0.141 e. The average Bonchev–Trinajstić information content (AvgIpc) is 3.05. The molecule has 2 heterocycles. The number of benzene rings is 1. The average molecular weight is 298 g/mol. The lowest BCUT2D eigenvalue weighted by Crippen LogP contribution is -2.42. The van der Waals surface area contributed by atoms with Gasteiger partial charge in [0.05, 0.1) is 17.2 Å². The first-order valence-corrected chi connectivity index (χ1v) is 7.88. The van der Waals surface area contributed by atoms with Gasteiger partial charge in [0.25, 0.3) is 0 Å². The van der Waals surface area contributed by atoms with E-state index in [1.54, 1.807) is 6.07 Å². The number of hydrogen-bond donors (Lipinski definition) is 1. The van der Waals surface area contributed by atoms with Crippen LogP contribution in [0, 0.1) is 11.7 Å². The Morgan fingerprint density at radius 3 is 2.90 bits per heavy atom. The zero-order valence-corrected chi connectivity index (χ0v) is 12.5. The second kappa shape index (κ2) is 6.00. The smallest absolute Gasteiger partial charge is 0.141 e. The molecule has 4 unspecified atom stereocenters. The molecule has 0 radical (unpaired) electrons. The largest absolute Gasteiger partial charge is 0.375 e. The summed E-state index contributed by atoms with van der Waals surface area (Å²) < 4.78 is 19.2. The Labute approximate surface area is 124 Å².